The van der Waals surface area contributed by atoms with Gasteiger partial charge < -0.3 is 29.7 Å². The minimum absolute atomic E-state index is 0. The van der Waals surface area contributed by atoms with E-state index >= 15 is 0 Å². The smallest absolute Gasteiger partial charge is 0.241 e. The van der Waals surface area contributed by atoms with Crippen LogP contribution in [0.3, 0.4) is 0 Å². The highest BCUT2D eigenvalue weighted by atomic mass is 127. The molecule has 28 heavy (non-hydrogen) atoms. The third kappa shape index (κ3) is 8.51. The van der Waals surface area contributed by atoms with E-state index in [2.05, 4.69) is 15.6 Å². The molecule has 0 bridgehead atoms. The van der Waals surface area contributed by atoms with Crippen LogP contribution in [0.15, 0.2) is 17.1 Å². The van der Waals surface area contributed by atoms with Gasteiger partial charge in [0.15, 0.2) is 17.5 Å². The molecule has 8 nitrogen and oxygen atoms in total. The van der Waals surface area contributed by atoms with Crippen molar-refractivity contribution in [1.29, 1.82) is 0 Å². The summed E-state index contributed by atoms with van der Waals surface area (Å²) < 4.78 is 15.7. The van der Waals surface area contributed by atoms with Gasteiger partial charge in [-0.25, -0.2) is 4.99 Å². The number of carbonyl (C=O) groups excluding carboxylic acids is 1. The van der Waals surface area contributed by atoms with Crippen LogP contribution in [0.2, 0.25) is 0 Å². The molecule has 160 valence electrons. The van der Waals surface area contributed by atoms with Crippen molar-refractivity contribution in [3.8, 4) is 11.5 Å². The summed E-state index contributed by atoms with van der Waals surface area (Å²) in [6, 6.07) is 3.92. The van der Waals surface area contributed by atoms with Gasteiger partial charge in [0.1, 0.15) is 6.54 Å². The standard InChI is InChI=1S/C19H32N4O4.HI/c1-7-20-19(22-12-18(24)21-8-9-25-4)23(3)13-15-11-17(27-6)16(26-5)10-14(15)2;/h10-11H,7-9,12-13H2,1-6H3,(H,20,22)(H,21,24);1H. The summed E-state index contributed by atoms with van der Waals surface area (Å²) in [5.41, 5.74) is 2.18. The van der Waals surface area contributed by atoms with Gasteiger partial charge >= 0.3 is 0 Å². The van der Waals surface area contributed by atoms with Crippen LogP contribution in [0.4, 0.5) is 0 Å². The molecule has 0 fully saturated rings. The first-order valence-corrected chi connectivity index (χ1v) is 8.93. The molecule has 0 unspecified atom stereocenters. The Labute approximate surface area is 185 Å². The Morgan fingerprint density at radius 3 is 2.36 bits per heavy atom. The zero-order chi connectivity index (χ0) is 20.2. The third-order valence-corrected chi connectivity index (χ3v) is 3.95. The predicted octanol–water partition coefficient (Wildman–Crippen LogP) is 1.79. The maximum absolute atomic E-state index is 11.9. The molecule has 1 aromatic carbocycles. The molecule has 1 amide bonds. The Morgan fingerprint density at radius 2 is 1.79 bits per heavy atom. The topological polar surface area (TPSA) is 84.4 Å². The Kier molecular flexibility index (Phi) is 13.4. The summed E-state index contributed by atoms with van der Waals surface area (Å²) in [6.07, 6.45) is 0. The van der Waals surface area contributed by atoms with Crippen LogP contribution in [0.25, 0.3) is 0 Å². The van der Waals surface area contributed by atoms with E-state index in [9.17, 15) is 4.79 Å². The number of benzene rings is 1. The summed E-state index contributed by atoms with van der Waals surface area (Å²) in [5, 5.41) is 5.97. The number of amides is 1. The summed E-state index contributed by atoms with van der Waals surface area (Å²) in [5.74, 6) is 1.91. The third-order valence-electron chi connectivity index (χ3n) is 3.95. The quantitative estimate of drug-likeness (QED) is 0.217. The Bertz CT molecular complexity index is 641. The van der Waals surface area contributed by atoms with Gasteiger partial charge in [0.25, 0.3) is 0 Å². The SMILES string of the molecule is CCNC(=NCC(=O)NCCOC)N(C)Cc1cc(OC)c(OC)cc1C.I. The van der Waals surface area contributed by atoms with Gasteiger partial charge in [0.05, 0.1) is 20.8 Å². The molecule has 0 aliphatic heterocycles. The summed E-state index contributed by atoms with van der Waals surface area (Å²) >= 11 is 0. The van der Waals surface area contributed by atoms with Crippen LogP contribution in [0.5, 0.6) is 11.5 Å². The Balaban J connectivity index is 0.00000729. The fourth-order valence-electron chi connectivity index (χ4n) is 2.49. The number of methoxy groups -OCH3 is 3. The van der Waals surface area contributed by atoms with Crippen molar-refractivity contribution in [2.24, 2.45) is 4.99 Å². The maximum Gasteiger partial charge on any atom is 0.241 e. The number of hydrogen-bond acceptors (Lipinski definition) is 5. The highest BCUT2D eigenvalue weighted by Gasteiger charge is 2.13. The number of ether oxygens (including phenoxy) is 3. The molecule has 0 radical (unpaired) electrons. The van der Waals surface area contributed by atoms with Gasteiger partial charge in [-0.2, -0.15) is 0 Å². The average molecular weight is 508 g/mol. The normalized spacial score (nSPS) is 10.7. The van der Waals surface area contributed by atoms with E-state index in [0.29, 0.717) is 43.7 Å². The molecule has 2 N–H and O–H groups in total. The van der Waals surface area contributed by atoms with E-state index in [1.165, 1.54) is 0 Å². The van der Waals surface area contributed by atoms with Gasteiger partial charge in [-0.05, 0) is 37.1 Å². The second-order valence-corrected chi connectivity index (χ2v) is 6.00. The van der Waals surface area contributed by atoms with Crippen molar-refractivity contribution < 1.29 is 19.0 Å². The monoisotopic (exact) mass is 508 g/mol. The molecular formula is C19H33IN4O4. The number of aliphatic imine (C=N–C) groups is 1. The predicted molar refractivity (Wildman–Crippen MR) is 122 cm³/mol. The molecule has 1 rings (SSSR count). The molecule has 0 aromatic heterocycles. The fourth-order valence-corrected chi connectivity index (χ4v) is 2.49. The van der Waals surface area contributed by atoms with Gasteiger partial charge in [-0.3, -0.25) is 4.79 Å². The van der Waals surface area contributed by atoms with E-state index in [4.69, 9.17) is 14.2 Å². The highest BCUT2D eigenvalue weighted by molar-refractivity contribution is 14.0. The van der Waals surface area contributed by atoms with Crippen molar-refractivity contribution in [2.75, 3.05) is 54.6 Å². The number of halogens is 1. The summed E-state index contributed by atoms with van der Waals surface area (Å²) in [6.45, 7) is 6.35. The molecule has 9 heteroatoms. The van der Waals surface area contributed by atoms with Crippen molar-refractivity contribution in [3.05, 3.63) is 23.3 Å². The number of guanidine groups is 1. The second kappa shape index (κ2) is 14.3. The minimum atomic E-state index is -0.141. The van der Waals surface area contributed by atoms with Crippen molar-refractivity contribution in [3.63, 3.8) is 0 Å². The Hall–Kier alpha value is -1.75. The molecule has 1 aromatic rings. The van der Waals surface area contributed by atoms with Gasteiger partial charge in [0, 0.05) is 33.8 Å². The molecule has 0 spiro atoms. The molecule has 0 saturated heterocycles. The van der Waals surface area contributed by atoms with E-state index < -0.39 is 0 Å². The lowest BCUT2D eigenvalue weighted by Crippen LogP contribution is -2.39. The zero-order valence-electron chi connectivity index (χ0n) is 17.6. The van der Waals surface area contributed by atoms with Crippen LogP contribution in [-0.2, 0) is 16.1 Å². The number of carbonyl (C=O) groups is 1. The van der Waals surface area contributed by atoms with E-state index in [0.717, 1.165) is 11.1 Å². The van der Waals surface area contributed by atoms with E-state index in [1.807, 2.05) is 37.9 Å². The molecule has 0 aliphatic rings. The molecular weight excluding hydrogens is 475 g/mol. The van der Waals surface area contributed by atoms with E-state index in [1.54, 1.807) is 21.3 Å². The van der Waals surface area contributed by atoms with Crippen LogP contribution >= 0.6 is 24.0 Å². The molecule has 0 aliphatic carbocycles. The first-order valence-electron chi connectivity index (χ1n) is 8.93. The number of rotatable bonds is 10. The van der Waals surface area contributed by atoms with E-state index in [-0.39, 0.29) is 36.4 Å². The lowest BCUT2D eigenvalue weighted by atomic mass is 10.1. The molecule has 0 atom stereocenters. The minimum Gasteiger partial charge on any atom is -0.493 e. The second-order valence-electron chi connectivity index (χ2n) is 6.00. The summed E-state index contributed by atoms with van der Waals surface area (Å²) in [7, 11) is 6.77. The number of nitrogens with zero attached hydrogens (tertiary/aromatic N) is 2. The van der Waals surface area contributed by atoms with Gasteiger partial charge in [-0.15, -0.1) is 24.0 Å². The van der Waals surface area contributed by atoms with Gasteiger partial charge in [0.2, 0.25) is 5.91 Å². The number of aryl methyl sites for hydroxylation is 1. The van der Waals surface area contributed by atoms with Gasteiger partial charge in [-0.1, -0.05) is 0 Å². The van der Waals surface area contributed by atoms with Crippen LogP contribution in [0, 0.1) is 6.92 Å². The van der Waals surface area contributed by atoms with Crippen molar-refractivity contribution in [2.45, 2.75) is 20.4 Å². The van der Waals surface area contributed by atoms with Crippen LogP contribution < -0.4 is 20.1 Å². The first kappa shape index (κ1) is 26.2. The number of nitrogens with one attached hydrogen (secondary N) is 2. The first-order chi connectivity index (χ1) is 13.0. The lowest BCUT2D eigenvalue weighted by Gasteiger charge is -2.23. The average Bonchev–Trinajstić information content (AvgIpc) is 2.66. The largest absolute Gasteiger partial charge is 0.493 e. The maximum atomic E-state index is 11.9. The highest BCUT2D eigenvalue weighted by Crippen LogP contribution is 2.30. The summed E-state index contributed by atoms with van der Waals surface area (Å²) in [4.78, 5) is 18.3. The lowest BCUT2D eigenvalue weighted by molar-refractivity contribution is -0.119. The number of hydrogen-bond donors (Lipinski definition) is 2. The molecule has 0 saturated carbocycles. The fraction of sp³-hybridized carbons (Fsp3) is 0.579. The zero-order valence-corrected chi connectivity index (χ0v) is 20.0. The van der Waals surface area contributed by atoms with Crippen LogP contribution in [0.1, 0.15) is 18.1 Å². The Morgan fingerprint density at radius 1 is 1.14 bits per heavy atom. The van der Waals surface area contributed by atoms with Crippen LogP contribution in [-0.4, -0.2) is 71.4 Å². The van der Waals surface area contributed by atoms with Crippen molar-refractivity contribution >= 4 is 35.8 Å². The van der Waals surface area contributed by atoms with Crippen molar-refractivity contribution in [1.82, 2.24) is 15.5 Å². The molecule has 0 heterocycles.